The first-order valence-electron chi connectivity index (χ1n) is 5.61. The molecule has 0 saturated carbocycles. The molecule has 0 spiro atoms. The summed E-state index contributed by atoms with van der Waals surface area (Å²) in [6.07, 6.45) is 0. The predicted octanol–water partition coefficient (Wildman–Crippen LogP) is 4.69. The van der Waals surface area contributed by atoms with Crippen LogP contribution in [-0.4, -0.2) is 17.5 Å². The van der Waals surface area contributed by atoms with Crippen molar-refractivity contribution in [3.63, 3.8) is 0 Å². The Kier molecular flexibility index (Phi) is 7.36. The van der Waals surface area contributed by atoms with Crippen LogP contribution in [0.2, 0.25) is 0 Å². The van der Waals surface area contributed by atoms with E-state index in [1.165, 1.54) is 0 Å². The first-order chi connectivity index (χ1) is 9.43. The normalized spacial score (nSPS) is 11.0. The molecule has 21 heavy (non-hydrogen) atoms. The second-order valence-corrected chi connectivity index (χ2v) is 6.29. The minimum atomic E-state index is -6.00. The Morgan fingerprint density at radius 3 is 2.05 bits per heavy atom. The maximum absolute atomic E-state index is 11.4. The average molecular weight is 371 g/mol. The largest absolute Gasteiger partial charge is 0.673 e. The summed E-state index contributed by atoms with van der Waals surface area (Å²) in [7, 11) is -6.00. The van der Waals surface area contributed by atoms with Crippen molar-refractivity contribution < 1.29 is 26.8 Å². The summed E-state index contributed by atoms with van der Waals surface area (Å²) in [4.78, 5) is 14.5. The lowest BCUT2D eigenvalue weighted by Gasteiger charge is -2.14. The summed E-state index contributed by atoms with van der Waals surface area (Å²) in [6, 6.07) is 6.76. The van der Waals surface area contributed by atoms with Crippen LogP contribution in [0.15, 0.2) is 24.3 Å². The Labute approximate surface area is 127 Å². The number of rotatable bonds is 3. The average Bonchev–Trinajstić information content (AvgIpc) is 2.33. The lowest BCUT2D eigenvalue weighted by atomic mass is 10.2. The maximum Gasteiger partial charge on any atom is 0.673 e. The van der Waals surface area contributed by atoms with Crippen molar-refractivity contribution in [1.29, 1.82) is 5.39 Å². The predicted molar refractivity (Wildman–Crippen MR) is 74.2 cm³/mol. The van der Waals surface area contributed by atoms with Gasteiger partial charge >= 0.3 is 18.9 Å². The summed E-state index contributed by atoms with van der Waals surface area (Å²) in [5.74, 6) is -0.316. The number of hydrogen-bond acceptors (Lipinski definition) is 3. The third-order valence-electron chi connectivity index (χ3n) is 1.91. The molecule has 1 aromatic carbocycles. The highest BCUT2D eigenvalue weighted by Crippen LogP contribution is 2.19. The maximum atomic E-state index is 11.4. The van der Waals surface area contributed by atoms with Crippen LogP contribution in [0.4, 0.5) is 23.0 Å². The first kappa shape index (κ1) is 19.4. The van der Waals surface area contributed by atoms with Crippen LogP contribution < -0.4 is 0 Å². The van der Waals surface area contributed by atoms with Gasteiger partial charge in [-0.25, -0.2) is 0 Å². The molecule has 0 aromatic heterocycles. The molecule has 0 atom stereocenters. The Morgan fingerprint density at radius 1 is 1.29 bits per heavy atom. The molecule has 1 aromatic rings. The van der Waals surface area contributed by atoms with Gasteiger partial charge in [0.1, 0.15) is 10.9 Å². The molecule has 1 rings (SSSR count). The molecular formula is C11H12BBrF4N2O2. The van der Waals surface area contributed by atoms with E-state index >= 15 is 0 Å². The Bertz CT molecular complexity index is 503. The lowest BCUT2D eigenvalue weighted by Crippen LogP contribution is -2.26. The van der Waals surface area contributed by atoms with Gasteiger partial charge in [0.2, 0.25) is 5.39 Å². The van der Waals surface area contributed by atoms with E-state index in [0.717, 1.165) is 5.56 Å². The van der Waals surface area contributed by atoms with Crippen molar-refractivity contribution in [2.75, 3.05) is 0 Å². The van der Waals surface area contributed by atoms with Crippen LogP contribution in [0.3, 0.4) is 0 Å². The van der Waals surface area contributed by atoms with Crippen molar-refractivity contribution in [2.24, 2.45) is 0 Å². The molecule has 4 nitrogen and oxygen atoms in total. The third-order valence-corrected chi connectivity index (χ3v) is 2.23. The molecule has 0 saturated heterocycles. The monoisotopic (exact) mass is 370 g/mol. The van der Waals surface area contributed by atoms with Gasteiger partial charge in [0, 0.05) is 12.1 Å². The van der Waals surface area contributed by atoms with Gasteiger partial charge in [-0.15, -0.1) is 0 Å². The summed E-state index contributed by atoms with van der Waals surface area (Å²) in [6.45, 7) is 3.66. The molecule has 0 unspecified atom stereocenters. The molecule has 116 valence electrons. The van der Waals surface area contributed by atoms with Gasteiger partial charge in [0.15, 0.2) is 4.98 Å². The van der Waals surface area contributed by atoms with Crippen molar-refractivity contribution >= 4 is 34.8 Å². The zero-order chi connectivity index (χ0) is 16.7. The fourth-order valence-electron chi connectivity index (χ4n) is 0.979. The number of hydrogen-bond donors (Lipinski definition) is 0. The van der Waals surface area contributed by atoms with E-state index in [1.54, 1.807) is 38.1 Å². The number of ether oxygens (including phenoxy) is 1. The molecule has 0 radical (unpaired) electrons. The van der Waals surface area contributed by atoms with Crippen LogP contribution in [0.1, 0.15) is 19.4 Å². The topological polar surface area (TPSA) is 54.5 Å². The van der Waals surface area contributed by atoms with E-state index in [9.17, 15) is 22.1 Å². The van der Waals surface area contributed by atoms with Crippen molar-refractivity contribution in [1.82, 2.24) is 0 Å². The van der Waals surface area contributed by atoms with Crippen molar-refractivity contribution in [3.05, 3.63) is 34.8 Å². The highest BCUT2D eigenvalue weighted by atomic mass is 79.9. The van der Waals surface area contributed by atoms with Crippen LogP contribution in [0.5, 0.6) is 0 Å². The fourth-order valence-corrected chi connectivity index (χ4v) is 1.09. The van der Waals surface area contributed by atoms with Gasteiger partial charge in [-0.1, -0.05) is 15.9 Å². The van der Waals surface area contributed by atoms with Crippen LogP contribution in [-0.2, 0) is 16.1 Å². The molecule has 0 bridgehead atoms. The molecule has 0 aliphatic rings. The molecule has 0 N–H and O–H groups in total. The lowest BCUT2D eigenvalue weighted by molar-refractivity contribution is -0.146. The molecule has 10 heteroatoms. The quantitative estimate of drug-likeness (QED) is 0.255. The van der Waals surface area contributed by atoms with E-state index in [4.69, 9.17) is 10.1 Å². The number of diazo groups is 1. The SMILES string of the molecule is CC(C)(Br)C(=O)OCc1ccc([N+]#N)cc1.F[B-](F)(F)F. The first-order valence-corrected chi connectivity index (χ1v) is 6.40. The van der Waals surface area contributed by atoms with Gasteiger partial charge in [0.25, 0.3) is 0 Å². The Hall–Kier alpha value is -1.63. The summed E-state index contributed by atoms with van der Waals surface area (Å²) >= 11 is 3.22. The Balaban J connectivity index is 0.000000690. The Morgan fingerprint density at radius 2 is 1.71 bits per heavy atom. The summed E-state index contributed by atoms with van der Waals surface area (Å²) in [5, 5.41) is 8.49. The highest BCUT2D eigenvalue weighted by molar-refractivity contribution is 9.10. The second-order valence-electron chi connectivity index (χ2n) is 4.31. The molecule has 0 aliphatic heterocycles. The van der Waals surface area contributed by atoms with Crippen LogP contribution >= 0.6 is 15.9 Å². The minimum absolute atomic E-state index is 0.208. The second kappa shape index (κ2) is 7.97. The summed E-state index contributed by atoms with van der Waals surface area (Å²) in [5.41, 5.74) is 1.31. The van der Waals surface area contributed by atoms with Gasteiger partial charge in [-0.3, -0.25) is 4.79 Å². The van der Waals surface area contributed by atoms with Crippen LogP contribution in [0.25, 0.3) is 4.98 Å². The van der Waals surface area contributed by atoms with Crippen LogP contribution in [0, 0.1) is 5.39 Å². The van der Waals surface area contributed by atoms with E-state index in [2.05, 4.69) is 20.9 Å². The van der Waals surface area contributed by atoms with E-state index in [1.807, 2.05) is 0 Å². The highest BCUT2D eigenvalue weighted by Gasteiger charge is 2.25. The molecule has 0 aliphatic carbocycles. The minimum Gasteiger partial charge on any atom is -0.460 e. The number of benzene rings is 1. The molecule has 0 heterocycles. The standard InChI is InChI=1S/C11H12BrN2O2.BF4/c1-11(2,12)10(15)16-7-8-3-5-9(14-13)6-4-8;2-1(3,4)5/h3-6H,7H2,1-2H3;/q+1;-1. The number of alkyl halides is 1. The van der Waals surface area contributed by atoms with Crippen molar-refractivity contribution in [3.8, 4) is 0 Å². The zero-order valence-corrected chi connectivity index (χ0v) is 12.8. The molecular weight excluding hydrogens is 359 g/mol. The van der Waals surface area contributed by atoms with Gasteiger partial charge in [-0.05, 0) is 31.5 Å². The third kappa shape index (κ3) is 10.8. The van der Waals surface area contributed by atoms with E-state index in [-0.39, 0.29) is 12.6 Å². The number of halogens is 5. The number of carbonyl (C=O) groups excluding carboxylic acids is 1. The van der Waals surface area contributed by atoms with E-state index in [0.29, 0.717) is 5.69 Å². The molecule has 0 fully saturated rings. The zero-order valence-electron chi connectivity index (χ0n) is 11.2. The summed E-state index contributed by atoms with van der Waals surface area (Å²) < 4.78 is 43.4. The van der Waals surface area contributed by atoms with Gasteiger partial charge in [0.05, 0.1) is 0 Å². The smallest absolute Gasteiger partial charge is 0.460 e. The fraction of sp³-hybridized carbons (Fsp3) is 0.364. The van der Waals surface area contributed by atoms with E-state index < -0.39 is 11.6 Å². The number of esters is 1. The van der Waals surface area contributed by atoms with Crippen molar-refractivity contribution in [2.45, 2.75) is 24.8 Å². The van der Waals surface area contributed by atoms with Gasteiger partial charge in [-0.2, -0.15) is 0 Å². The molecule has 0 amide bonds. The van der Waals surface area contributed by atoms with Gasteiger partial charge < -0.3 is 22.0 Å². The number of nitrogens with zero attached hydrogens (tertiary/aromatic N) is 2. The number of carbonyl (C=O) groups is 1.